The van der Waals surface area contributed by atoms with E-state index >= 15 is 0 Å². The molecule has 1 fully saturated rings. The van der Waals surface area contributed by atoms with Gasteiger partial charge in [-0.2, -0.15) is 0 Å². The summed E-state index contributed by atoms with van der Waals surface area (Å²) in [5.41, 5.74) is -0.608. The van der Waals surface area contributed by atoms with Gasteiger partial charge in [0, 0.05) is 10.6 Å². The molecule has 112 valence electrons. The average molecular weight is 354 g/mol. The van der Waals surface area contributed by atoms with Gasteiger partial charge in [0.05, 0.1) is 27.1 Å². The minimum atomic E-state index is -2.99. The molecule has 2 rings (SSSR count). The number of carbonyl (C=O) groups is 1. The Morgan fingerprint density at radius 1 is 1.55 bits per heavy atom. The molecule has 1 aliphatic heterocycles. The number of rotatable bonds is 5. The molecule has 1 atom stereocenters. The molecule has 20 heavy (non-hydrogen) atoms. The summed E-state index contributed by atoms with van der Waals surface area (Å²) >= 11 is 8.84. The number of nitrogens with one attached hydrogen (secondary N) is 1. The summed E-state index contributed by atoms with van der Waals surface area (Å²) < 4.78 is 23.7. The smallest absolute Gasteiger partial charge is 0.230 e. The molecule has 2 heterocycles. The van der Waals surface area contributed by atoms with Crippen molar-refractivity contribution in [1.82, 2.24) is 5.32 Å². The third-order valence-corrected chi connectivity index (χ3v) is 7.35. The van der Waals surface area contributed by atoms with Gasteiger partial charge in [-0.25, -0.2) is 8.42 Å². The molecule has 0 spiro atoms. The number of thioether (sulfide) groups is 1. The monoisotopic (exact) mass is 353 g/mol. The highest BCUT2D eigenvalue weighted by molar-refractivity contribution is 7.99. The van der Waals surface area contributed by atoms with Crippen molar-refractivity contribution in [2.24, 2.45) is 0 Å². The van der Waals surface area contributed by atoms with Crippen LogP contribution >= 0.6 is 34.7 Å². The van der Waals surface area contributed by atoms with Crippen molar-refractivity contribution in [1.29, 1.82) is 0 Å². The SMILES string of the molecule is C[C@]1(NC(=O)CSCc2ccc(Cl)s2)CCS(=O)(=O)C1. The second-order valence-corrected chi connectivity index (χ2v) is 10.1. The Morgan fingerprint density at radius 3 is 2.85 bits per heavy atom. The molecule has 1 aromatic heterocycles. The molecule has 0 radical (unpaired) electrons. The van der Waals surface area contributed by atoms with Gasteiger partial charge in [0.1, 0.15) is 0 Å². The van der Waals surface area contributed by atoms with Gasteiger partial charge < -0.3 is 5.32 Å². The van der Waals surface area contributed by atoms with Gasteiger partial charge >= 0.3 is 0 Å². The number of sulfone groups is 1. The summed E-state index contributed by atoms with van der Waals surface area (Å²) in [6, 6.07) is 3.79. The van der Waals surface area contributed by atoms with Crippen LogP contribution in [0.3, 0.4) is 0 Å². The van der Waals surface area contributed by atoms with E-state index in [4.69, 9.17) is 11.6 Å². The van der Waals surface area contributed by atoms with E-state index in [1.807, 2.05) is 12.1 Å². The summed E-state index contributed by atoms with van der Waals surface area (Å²) in [4.78, 5) is 13.0. The zero-order valence-electron chi connectivity index (χ0n) is 11.0. The summed E-state index contributed by atoms with van der Waals surface area (Å²) in [7, 11) is -2.99. The van der Waals surface area contributed by atoms with Crippen LogP contribution in [-0.4, -0.2) is 37.1 Å². The Kier molecular flexibility index (Phi) is 5.05. The Hall–Kier alpha value is -0.240. The Labute approximate surface area is 132 Å². The number of thiophene rings is 1. The first-order valence-electron chi connectivity index (χ1n) is 6.11. The molecule has 1 saturated heterocycles. The van der Waals surface area contributed by atoms with Crippen LogP contribution in [0.25, 0.3) is 0 Å². The molecular formula is C12H16ClNO3S3. The largest absolute Gasteiger partial charge is 0.349 e. The maximum atomic E-state index is 11.9. The maximum absolute atomic E-state index is 11.9. The number of carbonyl (C=O) groups excluding carboxylic acids is 1. The summed E-state index contributed by atoms with van der Waals surface area (Å²) in [6.07, 6.45) is 0.492. The number of amides is 1. The zero-order valence-corrected chi connectivity index (χ0v) is 14.2. The molecule has 0 saturated carbocycles. The summed E-state index contributed by atoms with van der Waals surface area (Å²) in [5, 5.41) is 2.84. The van der Waals surface area contributed by atoms with Gasteiger partial charge in [0.25, 0.3) is 0 Å². The molecule has 0 bridgehead atoms. The van der Waals surface area contributed by atoms with E-state index in [0.29, 0.717) is 12.2 Å². The fourth-order valence-electron chi connectivity index (χ4n) is 2.16. The van der Waals surface area contributed by atoms with E-state index in [9.17, 15) is 13.2 Å². The minimum absolute atomic E-state index is 0.0386. The van der Waals surface area contributed by atoms with E-state index in [1.54, 1.807) is 6.92 Å². The molecule has 4 nitrogen and oxygen atoms in total. The van der Waals surface area contributed by atoms with E-state index in [2.05, 4.69) is 5.32 Å². The molecule has 1 aliphatic rings. The number of hydrogen-bond donors (Lipinski definition) is 1. The molecule has 1 N–H and O–H groups in total. The van der Waals surface area contributed by atoms with E-state index in [-0.39, 0.29) is 17.4 Å². The van der Waals surface area contributed by atoms with Crippen molar-refractivity contribution < 1.29 is 13.2 Å². The average Bonchev–Trinajstić information content (AvgIpc) is 2.83. The predicted octanol–water partition coefficient (Wildman–Crippen LogP) is 2.33. The van der Waals surface area contributed by atoms with E-state index in [0.717, 1.165) is 15.0 Å². The minimum Gasteiger partial charge on any atom is -0.349 e. The third-order valence-electron chi connectivity index (χ3n) is 3.05. The first-order valence-corrected chi connectivity index (χ1v) is 10.3. The van der Waals surface area contributed by atoms with Gasteiger partial charge in [0.15, 0.2) is 9.84 Å². The molecule has 0 unspecified atom stereocenters. The first kappa shape index (κ1) is 16.1. The van der Waals surface area contributed by atoms with E-state index in [1.165, 1.54) is 23.1 Å². The van der Waals surface area contributed by atoms with Gasteiger partial charge in [-0.1, -0.05) is 11.6 Å². The van der Waals surface area contributed by atoms with Crippen molar-refractivity contribution in [2.45, 2.75) is 24.6 Å². The fourth-order valence-corrected chi connectivity index (χ4v) is 6.27. The van der Waals surface area contributed by atoms with Gasteiger partial charge in [-0.3, -0.25) is 4.79 Å². The zero-order chi connectivity index (χ0) is 14.8. The van der Waals surface area contributed by atoms with Gasteiger partial charge in [-0.05, 0) is 25.5 Å². The van der Waals surface area contributed by atoms with Crippen LogP contribution in [0.5, 0.6) is 0 Å². The van der Waals surface area contributed by atoms with Crippen molar-refractivity contribution in [2.75, 3.05) is 17.3 Å². The maximum Gasteiger partial charge on any atom is 0.230 e. The van der Waals surface area contributed by atoms with Crippen LogP contribution < -0.4 is 5.32 Å². The molecule has 1 amide bonds. The second kappa shape index (κ2) is 6.25. The van der Waals surface area contributed by atoms with Crippen LogP contribution in [0, 0.1) is 0 Å². The second-order valence-electron chi connectivity index (χ2n) is 5.15. The summed E-state index contributed by atoms with van der Waals surface area (Å²) in [6.45, 7) is 1.79. The molecular weight excluding hydrogens is 338 g/mol. The fraction of sp³-hybridized carbons (Fsp3) is 0.583. The Morgan fingerprint density at radius 2 is 2.30 bits per heavy atom. The van der Waals surface area contributed by atoms with Crippen molar-refractivity contribution in [3.63, 3.8) is 0 Å². The third kappa shape index (κ3) is 4.65. The number of hydrogen-bond acceptors (Lipinski definition) is 5. The van der Waals surface area contributed by atoms with E-state index < -0.39 is 15.4 Å². The summed E-state index contributed by atoms with van der Waals surface area (Å²) in [5.74, 6) is 1.14. The Bertz CT molecular complexity index is 599. The van der Waals surface area contributed by atoms with Crippen molar-refractivity contribution >= 4 is 50.4 Å². The predicted molar refractivity (Wildman–Crippen MR) is 85.3 cm³/mol. The lowest BCUT2D eigenvalue weighted by Gasteiger charge is -2.23. The van der Waals surface area contributed by atoms with Gasteiger partial charge in [-0.15, -0.1) is 23.1 Å². The lowest BCUT2D eigenvalue weighted by Crippen LogP contribution is -2.47. The van der Waals surface area contributed by atoms with Crippen LogP contribution in [0.1, 0.15) is 18.2 Å². The van der Waals surface area contributed by atoms with Crippen LogP contribution in [0.2, 0.25) is 4.34 Å². The quantitative estimate of drug-likeness (QED) is 0.882. The molecule has 8 heteroatoms. The van der Waals surface area contributed by atoms with Gasteiger partial charge in [0.2, 0.25) is 5.91 Å². The molecule has 0 aromatic carbocycles. The van der Waals surface area contributed by atoms with Crippen molar-refractivity contribution in [3.05, 3.63) is 21.3 Å². The highest BCUT2D eigenvalue weighted by Crippen LogP contribution is 2.26. The highest BCUT2D eigenvalue weighted by atomic mass is 35.5. The first-order chi connectivity index (χ1) is 9.28. The highest BCUT2D eigenvalue weighted by Gasteiger charge is 2.39. The van der Waals surface area contributed by atoms with Crippen molar-refractivity contribution in [3.8, 4) is 0 Å². The lowest BCUT2D eigenvalue weighted by atomic mass is 10.0. The number of halogens is 1. The molecule has 0 aliphatic carbocycles. The van der Waals surface area contributed by atoms with Crippen LogP contribution in [0.4, 0.5) is 0 Å². The van der Waals surface area contributed by atoms with Crippen LogP contribution in [-0.2, 0) is 20.4 Å². The normalized spacial score (nSPS) is 24.7. The Balaban J connectivity index is 1.76. The standard InChI is InChI=1S/C12H16ClNO3S3/c1-12(4-5-20(16,17)8-12)14-11(15)7-18-6-9-2-3-10(13)19-9/h2-3H,4-8H2,1H3,(H,14,15)/t12-/m0/s1. The molecule has 1 aromatic rings. The van der Waals surface area contributed by atoms with Crippen LogP contribution in [0.15, 0.2) is 12.1 Å². The lowest BCUT2D eigenvalue weighted by molar-refractivity contribution is -0.120. The topological polar surface area (TPSA) is 63.2 Å².